The van der Waals surface area contributed by atoms with E-state index in [0.717, 1.165) is 17.5 Å². The molecule has 0 bridgehead atoms. The Morgan fingerprint density at radius 3 is 2.79 bits per heavy atom. The van der Waals surface area contributed by atoms with E-state index in [2.05, 4.69) is 15.1 Å². The van der Waals surface area contributed by atoms with E-state index in [1.165, 1.54) is 0 Å². The molecule has 0 N–H and O–H groups in total. The summed E-state index contributed by atoms with van der Waals surface area (Å²) in [6.45, 7) is 0. The van der Waals surface area contributed by atoms with Gasteiger partial charge in [-0.25, -0.2) is 14.5 Å². The normalized spacial score (nSPS) is 17.2. The second-order valence-corrected chi connectivity index (χ2v) is 8.17. The van der Waals surface area contributed by atoms with Crippen LogP contribution in [0.1, 0.15) is 36.3 Å². The Morgan fingerprint density at radius 2 is 2.00 bits per heavy atom. The van der Waals surface area contributed by atoms with Gasteiger partial charge in [0, 0.05) is 36.4 Å². The number of pyridine rings is 1. The van der Waals surface area contributed by atoms with Crippen molar-refractivity contribution in [3.05, 3.63) is 71.5 Å². The lowest BCUT2D eigenvalue weighted by atomic mass is 9.78. The molecule has 9 nitrogen and oxygen atoms in total. The second kappa shape index (κ2) is 7.95. The van der Waals surface area contributed by atoms with Crippen molar-refractivity contribution in [1.82, 2.24) is 24.6 Å². The molecule has 3 aromatic heterocycles. The maximum absolute atomic E-state index is 13.2. The Bertz CT molecular complexity index is 1460. The molecule has 0 spiro atoms. The molecule has 0 radical (unpaired) electrons. The first-order valence-corrected chi connectivity index (χ1v) is 11.0. The van der Waals surface area contributed by atoms with Gasteiger partial charge in [0.15, 0.2) is 28.8 Å². The lowest BCUT2D eigenvalue weighted by molar-refractivity contribution is -0.116. The molecule has 4 heterocycles. The average molecular weight is 455 g/mol. The summed E-state index contributed by atoms with van der Waals surface area (Å²) in [5.41, 5.74) is 3.57. The summed E-state index contributed by atoms with van der Waals surface area (Å²) in [4.78, 5) is 26.7. The van der Waals surface area contributed by atoms with Gasteiger partial charge in [0.2, 0.25) is 5.88 Å². The highest BCUT2D eigenvalue weighted by Gasteiger charge is 2.40. The van der Waals surface area contributed by atoms with Crippen LogP contribution in [0.5, 0.6) is 17.4 Å². The van der Waals surface area contributed by atoms with Crippen LogP contribution in [0.3, 0.4) is 0 Å². The number of fused-ring (bicyclic) bond motifs is 3. The van der Waals surface area contributed by atoms with Crippen LogP contribution in [0.2, 0.25) is 0 Å². The number of allylic oxidation sites excluding steroid dienone is 2. The van der Waals surface area contributed by atoms with Gasteiger partial charge >= 0.3 is 0 Å². The van der Waals surface area contributed by atoms with Crippen molar-refractivity contribution >= 4 is 11.4 Å². The molecule has 1 unspecified atom stereocenters. The highest BCUT2D eigenvalue weighted by Crippen LogP contribution is 2.48. The van der Waals surface area contributed by atoms with E-state index >= 15 is 0 Å². The summed E-state index contributed by atoms with van der Waals surface area (Å²) in [6, 6.07) is 9.41. The van der Waals surface area contributed by atoms with Crippen LogP contribution in [-0.2, 0) is 4.79 Å². The van der Waals surface area contributed by atoms with Crippen LogP contribution in [0.15, 0.2) is 60.4 Å². The average Bonchev–Trinajstić information content (AvgIpc) is 3.32. The lowest BCUT2D eigenvalue weighted by Crippen LogP contribution is -2.26. The maximum Gasteiger partial charge on any atom is 0.228 e. The fourth-order valence-electron chi connectivity index (χ4n) is 4.70. The van der Waals surface area contributed by atoms with Gasteiger partial charge in [0.25, 0.3) is 0 Å². The molecule has 1 aliphatic carbocycles. The largest absolute Gasteiger partial charge is 0.493 e. The summed E-state index contributed by atoms with van der Waals surface area (Å²) >= 11 is 0. The smallest absolute Gasteiger partial charge is 0.228 e. The Labute approximate surface area is 195 Å². The van der Waals surface area contributed by atoms with Gasteiger partial charge in [0.05, 0.1) is 25.7 Å². The SMILES string of the molecule is COc1ccc(C2C3=C(CCCC3=O)Oc3ncn4nc(-c5cccnc5)nc4c32)cc1OC. The number of carbonyl (C=O) groups is 1. The van der Waals surface area contributed by atoms with E-state index in [1.807, 2.05) is 30.3 Å². The summed E-state index contributed by atoms with van der Waals surface area (Å²) in [6.07, 6.45) is 6.91. The molecule has 0 fully saturated rings. The zero-order valence-electron chi connectivity index (χ0n) is 18.7. The van der Waals surface area contributed by atoms with Crippen molar-refractivity contribution in [3.63, 3.8) is 0 Å². The Kier molecular flexibility index (Phi) is 4.75. The van der Waals surface area contributed by atoms with Gasteiger partial charge in [-0.2, -0.15) is 0 Å². The minimum Gasteiger partial charge on any atom is -0.493 e. The number of carbonyl (C=O) groups excluding carboxylic acids is 1. The third kappa shape index (κ3) is 3.12. The van der Waals surface area contributed by atoms with Crippen molar-refractivity contribution in [3.8, 4) is 28.8 Å². The fourth-order valence-corrected chi connectivity index (χ4v) is 4.70. The molecule has 9 heteroatoms. The number of rotatable bonds is 4. The third-order valence-corrected chi connectivity index (χ3v) is 6.25. The van der Waals surface area contributed by atoms with E-state index < -0.39 is 5.92 Å². The standard InChI is InChI=1S/C25H21N5O4/c1-32-17-9-8-14(11-19(17)33-2)20-21-16(31)6-3-7-18(21)34-25-22(20)24-28-23(29-30(24)13-27-25)15-5-4-10-26-12-15/h4-5,8-13,20H,3,6-7H2,1-2H3. The first kappa shape index (κ1) is 20.3. The number of Topliss-reactive ketones (excluding diaryl/α,β-unsaturated/α-hetero) is 1. The molecule has 1 atom stereocenters. The molecule has 170 valence electrons. The Hall–Kier alpha value is -4.27. The second-order valence-electron chi connectivity index (χ2n) is 8.17. The number of hydrogen-bond donors (Lipinski definition) is 0. The molecule has 2 aliphatic rings. The predicted octanol–water partition coefficient (Wildman–Crippen LogP) is 3.73. The zero-order chi connectivity index (χ0) is 23.2. The predicted molar refractivity (Wildman–Crippen MR) is 122 cm³/mol. The highest BCUT2D eigenvalue weighted by molar-refractivity contribution is 6.00. The van der Waals surface area contributed by atoms with Crippen molar-refractivity contribution < 1.29 is 19.0 Å². The summed E-state index contributed by atoms with van der Waals surface area (Å²) < 4.78 is 18.8. The Balaban J connectivity index is 1.61. The van der Waals surface area contributed by atoms with Gasteiger partial charge in [0.1, 0.15) is 12.1 Å². The molecule has 4 aromatic rings. The molecule has 0 amide bonds. The number of benzene rings is 1. The van der Waals surface area contributed by atoms with E-state index in [9.17, 15) is 4.79 Å². The lowest BCUT2D eigenvalue weighted by Gasteiger charge is -2.32. The van der Waals surface area contributed by atoms with E-state index in [0.29, 0.717) is 58.6 Å². The van der Waals surface area contributed by atoms with E-state index in [-0.39, 0.29) is 5.78 Å². The molecular formula is C25H21N5O4. The van der Waals surface area contributed by atoms with E-state index in [1.54, 1.807) is 37.5 Å². The number of nitrogens with zero attached hydrogens (tertiary/aromatic N) is 5. The number of ketones is 1. The van der Waals surface area contributed by atoms with Gasteiger partial charge in [-0.05, 0) is 36.2 Å². The van der Waals surface area contributed by atoms with Gasteiger partial charge in [-0.15, -0.1) is 5.10 Å². The summed E-state index contributed by atoms with van der Waals surface area (Å²) in [7, 11) is 3.19. The topological polar surface area (TPSA) is 101 Å². The fraction of sp³-hybridized carbons (Fsp3) is 0.240. The van der Waals surface area contributed by atoms with Crippen LogP contribution >= 0.6 is 0 Å². The third-order valence-electron chi connectivity index (χ3n) is 6.25. The number of aromatic nitrogens is 5. The summed E-state index contributed by atoms with van der Waals surface area (Å²) in [5, 5.41) is 4.61. The molecule has 1 aliphatic heterocycles. The Morgan fingerprint density at radius 1 is 1.12 bits per heavy atom. The first-order valence-electron chi connectivity index (χ1n) is 11.0. The quantitative estimate of drug-likeness (QED) is 0.459. The minimum atomic E-state index is -0.423. The van der Waals surface area contributed by atoms with Gasteiger partial charge in [-0.3, -0.25) is 9.78 Å². The van der Waals surface area contributed by atoms with Crippen LogP contribution < -0.4 is 14.2 Å². The molecule has 34 heavy (non-hydrogen) atoms. The minimum absolute atomic E-state index is 0.0701. The van der Waals surface area contributed by atoms with Crippen LogP contribution in [0.25, 0.3) is 17.0 Å². The van der Waals surface area contributed by atoms with Crippen molar-refractivity contribution in [2.24, 2.45) is 0 Å². The van der Waals surface area contributed by atoms with Crippen molar-refractivity contribution in [1.29, 1.82) is 0 Å². The van der Waals surface area contributed by atoms with Crippen molar-refractivity contribution in [2.45, 2.75) is 25.2 Å². The molecule has 0 saturated carbocycles. The molecular weight excluding hydrogens is 434 g/mol. The monoisotopic (exact) mass is 455 g/mol. The number of ether oxygens (including phenoxy) is 3. The maximum atomic E-state index is 13.2. The van der Waals surface area contributed by atoms with E-state index in [4.69, 9.17) is 19.2 Å². The highest BCUT2D eigenvalue weighted by atomic mass is 16.5. The van der Waals surface area contributed by atoms with Crippen LogP contribution in [-0.4, -0.2) is 44.6 Å². The van der Waals surface area contributed by atoms with Crippen LogP contribution in [0.4, 0.5) is 0 Å². The van der Waals surface area contributed by atoms with Crippen LogP contribution in [0, 0.1) is 0 Å². The first-order chi connectivity index (χ1) is 16.7. The van der Waals surface area contributed by atoms with Gasteiger partial charge < -0.3 is 14.2 Å². The van der Waals surface area contributed by atoms with Gasteiger partial charge in [-0.1, -0.05) is 6.07 Å². The zero-order valence-corrected chi connectivity index (χ0v) is 18.7. The molecule has 1 aromatic carbocycles. The summed E-state index contributed by atoms with van der Waals surface area (Å²) in [5.74, 6) is 2.47. The van der Waals surface area contributed by atoms with Crippen molar-refractivity contribution in [2.75, 3.05) is 14.2 Å². The number of hydrogen-bond acceptors (Lipinski definition) is 8. The number of methoxy groups -OCH3 is 2. The molecule has 6 rings (SSSR count). The molecule has 0 saturated heterocycles.